The number of amides is 1. The number of esters is 1. The molecule has 2 rings (SSSR count). The Morgan fingerprint density at radius 3 is 2.37 bits per heavy atom. The van der Waals surface area contributed by atoms with E-state index in [1.165, 1.54) is 45.4 Å². The normalized spacial score (nSPS) is 11.2. The van der Waals surface area contributed by atoms with E-state index in [-0.39, 0.29) is 22.7 Å². The van der Waals surface area contributed by atoms with Crippen molar-refractivity contribution in [3.05, 3.63) is 58.1 Å². The number of para-hydroxylation sites is 1. The van der Waals surface area contributed by atoms with E-state index in [4.69, 9.17) is 14.2 Å². The van der Waals surface area contributed by atoms with Gasteiger partial charge in [-0.2, -0.15) is 0 Å². The Hall–Kier alpha value is -3.62. The van der Waals surface area contributed by atoms with Crippen molar-refractivity contribution < 1.29 is 28.7 Å². The van der Waals surface area contributed by atoms with E-state index in [1.54, 1.807) is 18.2 Å². The highest BCUT2D eigenvalue weighted by Gasteiger charge is 2.22. The van der Waals surface area contributed by atoms with Crippen LogP contribution in [0.1, 0.15) is 17.3 Å². The van der Waals surface area contributed by atoms with Crippen molar-refractivity contribution in [2.75, 3.05) is 19.5 Å². The van der Waals surface area contributed by atoms with Gasteiger partial charge in [-0.05, 0) is 25.1 Å². The van der Waals surface area contributed by atoms with Gasteiger partial charge in [0, 0.05) is 6.07 Å². The molecule has 142 valence electrons. The second kappa shape index (κ2) is 8.65. The lowest BCUT2D eigenvalue weighted by Gasteiger charge is -2.16. The molecule has 0 spiro atoms. The van der Waals surface area contributed by atoms with Crippen LogP contribution in [-0.4, -0.2) is 37.1 Å². The molecule has 0 bridgehead atoms. The van der Waals surface area contributed by atoms with Gasteiger partial charge < -0.3 is 19.5 Å². The van der Waals surface area contributed by atoms with E-state index in [1.807, 2.05) is 0 Å². The number of nitro groups is 1. The molecule has 2 aromatic carbocycles. The van der Waals surface area contributed by atoms with Crippen LogP contribution in [-0.2, 0) is 9.53 Å². The average molecular weight is 374 g/mol. The minimum absolute atomic E-state index is 0.112. The zero-order chi connectivity index (χ0) is 20.0. The molecular weight excluding hydrogens is 356 g/mol. The molecule has 27 heavy (non-hydrogen) atoms. The summed E-state index contributed by atoms with van der Waals surface area (Å²) < 4.78 is 15.3. The van der Waals surface area contributed by atoms with Gasteiger partial charge in [0.05, 0.1) is 30.9 Å². The van der Waals surface area contributed by atoms with Crippen LogP contribution in [0.15, 0.2) is 42.5 Å². The van der Waals surface area contributed by atoms with Crippen molar-refractivity contribution in [3.8, 4) is 11.5 Å². The molecule has 0 saturated carbocycles. The predicted octanol–water partition coefficient (Wildman–Crippen LogP) is 2.80. The highest BCUT2D eigenvalue weighted by molar-refractivity contribution is 5.99. The quantitative estimate of drug-likeness (QED) is 0.450. The van der Waals surface area contributed by atoms with Crippen LogP contribution in [0.5, 0.6) is 11.5 Å². The molecule has 0 radical (unpaired) electrons. The summed E-state index contributed by atoms with van der Waals surface area (Å²) in [6, 6.07) is 10.2. The number of ether oxygens (including phenoxy) is 3. The van der Waals surface area contributed by atoms with E-state index in [2.05, 4.69) is 5.32 Å². The number of nitrogens with one attached hydrogen (secondary N) is 1. The molecule has 0 unspecified atom stereocenters. The Labute approximate surface area is 155 Å². The molecule has 1 amide bonds. The molecule has 9 nitrogen and oxygen atoms in total. The number of carbonyl (C=O) groups is 2. The standard InChI is InChI=1S/C18H18N2O7/c1-11(27-18(22)13-6-4-5-7-15(13)25-2)17(21)19-14-9-8-12(20(23)24)10-16(14)26-3/h4-11H,1-3H3,(H,19,21)/t11-/m1/s1. The molecule has 0 aromatic heterocycles. The van der Waals surface area contributed by atoms with Crippen LogP contribution >= 0.6 is 0 Å². The van der Waals surface area contributed by atoms with E-state index in [9.17, 15) is 19.7 Å². The molecule has 1 atom stereocenters. The molecule has 0 heterocycles. The van der Waals surface area contributed by atoms with Gasteiger partial charge in [-0.3, -0.25) is 14.9 Å². The maximum Gasteiger partial charge on any atom is 0.342 e. The summed E-state index contributed by atoms with van der Waals surface area (Å²) in [5, 5.41) is 13.3. The van der Waals surface area contributed by atoms with Crippen molar-refractivity contribution in [2.45, 2.75) is 13.0 Å². The predicted molar refractivity (Wildman–Crippen MR) is 96.1 cm³/mol. The summed E-state index contributed by atoms with van der Waals surface area (Å²) in [7, 11) is 2.74. The first kappa shape index (κ1) is 19.7. The Morgan fingerprint density at radius 1 is 1.07 bits per heavy atom. The summed E-state index contributed by atoms with van der Waals surface area (Å²) in [5.74, 6) is -0.899. The van der Waals surface area contributed by atoms with Crippen LogP contribution in [0.3, 0.4) is 0 Å². The minimum Gasteiger partial charge on any atom is -0.496 e. The Morgan fingerprint density at radius 2 is 1.74 bits per heavy atom. The first-order valence-corrected chi connectivity index (χ1v) is 7.84. The van der Waals surface area contributed by atoms with Gasteiger partial charge in [0.25, 0.3) is 11.6 Å². The third-order valence-corrected chi connectivity index (χ3v) is 3.63. The van der Waals surface area contributed by atoms with Gasteiger partial charge >= 0.3 is 5.97 Å². The highest BCUT2D eigenvalue weighted by Crippen LogP contribution is 2.29. The molecule has 2 aromatic rings. The topological polar surface area (TPSA) is 117 Å². The Kier molecular flexibility index (Phi) is 6.32. The van der Waals surface area contributed by atoms with Gasteiger partial charge in [0.1, 0.15) is 17.1 Å². The van der Waals surface area contributed by atoms with Gasteiger partial charge in [0.15, 0.2) is 6.10 Å². The first-order chi connectivity index (χ1) is 12.9. The lowest BCUT2D eigenvalue weighted by atomic mass is 10.2. The minimum atomic E-state index is -1.12. The van der Waals surface area contributed by atoms with Crippen molar-refractivity contribution >= 4 is 23.3 Å². The number of rotatable bonds is 7. The number of methoxy groups -OCH3 is 2. The summed E-state index contributed by atoms with van der Waals surface area (Å²) in [6.45, 7) is 1.40. The van der Waals surface area contributed by atoms with Gasteiger partial charge in [-0.1, -0.05) is 12.1 Å². The van der Waals surface area contributed by atoms with Crippen molar-refractivity contribution in [1.82, 2.24) is 0 Å². The van der Waals surface area contributed by atoms with E-state index < -0.39 is 22.9 Å². The molecule has 0 aliphatic rings. The number of carbonyl (C=O) groups excluding carboxylic acids is 2. The van der Waals surface area contributed by atoms with E-state index in [0.29, 0.717) is 5.75 Å². The number of benzene rings is 2. The lowest BCUT2D eigenvalue weighted by molar-refractivity contribution is -0.384. The summed E-state index contributed by atoms with van der Waals surface area (Å²) in [4.78, 5) is 34.8. The van der Waals surface area contributed by atoms with Crippen molar-refractivity contribution in [3.63, 3.8) is 0 Å². The number of nitro benzene ring substituents is 1. The van der Waals surface area contributed by atoms with E-state index in [0.717, 1.165) is 0 Å². The third-order valence-electron chi connectivity index (χ3n) is 3.63. The second-order valence-electron chi connectivity index (χ2n) is 5.38. The number of hydrogen-bond donors (Lipinski definition) is 1. The monoisotopic (exact) mass is 374 g/mol. The summed E-state index contributed by atoms with van der Waals surface area (Å²) in [5.41, 5.74) is 0.223. The van der Waals surface area contributed by atoms with Crippen LogP contribution in [0.4, 0.5) is 11.4 Å². The van der Waals surface area contributed by atoms with Crippen LogP contribution in [0, 0.1) is 10.1 Å². The van der Waals surface area contributed by atoms with Crippen LogP contribution in [0.25, 0.3) is 0 Å². The molecule has 0 fully saturated rings. The molecular formula is C18H18N2O7. The Bertz CT molecular complexity index is 867. The second-order valence-corrected chi connectivity index (χ2v) is 5.38. The zero-order valence-corrected chi connectivity index (χ0v) is 14.9. The number of non-ortho nitro benzene ring substituents is 1. The summed E-state index contributed by atoms with van der Waals surface area (Å²) >= 11 is 0. The maximum atomic E-state index is 12.3. The first-order valence-electron chi connectivity index (χ1n) is 7.84. The van der Waals surface area contributed by atoms with Crippen molar-refractivity contribution in [1.29, 1.82) is 0 Å². The van der Waals surface area contributed by atoms with Gasteiger partial charge in [-0.25, -0.2) is 4.79 Å². The molecule has 9 heteroatoms. The van der Waals surface area contributed by atoms with Gasteiger partial charge in [-0.15, -0.1) is 0 Å². The molecule has 0 aliphatic carbocycles. The summed E-state index contributed by atoms with van der Waals surface area (Å²) in [6.07, 6.45) is -1.12. The highest BCUT2D eigenvalue weighted by atomic mass is 16.6. The average Bonchev–Trinajstić information content (AvgIpc) is 2.67. The lowest BCUT2D eigenvalue weighted by Crippen LogP contribution is -2.30. The van der Waals surface area contributed by atoms with Crippen molar-refractivity contribution in [2.24, 2.45) is 0 Å². The Balaban J connectivity index is 2.09. The smallest absolute Gasteiger partial charge is 0.342 e. The van der Waals surface area contributed by atoms with E-state index >= 15 is 0 Å². The maximum absolute atomic E-state index is 12.3. The fraction of sp³-hybridized carbons (Fsp3) is 0.222. The number of hydrogen-bond acceptors (Lipinski definition) is 7. The molecule has 0 saturated heterocycles. The third kappa shape index (κ3) is 4.72. The fourth-order valence-corrected chi connectivity index (χ4v) is 2.22. The zero-order valence-electron chi connectivity index (χ0n) is 14.9. The van der Waals surface area contributed by atoms with Crippen LogP contribution < -0.4 is 14.8 Å². The fourth-order valence-electron chi connectivity index (χ4n) is 2.22. The molecule has 0 aliphatic heterocycles. The number of anilines is 1. The molecule has 1 N–H and O–H groups in total. The number of nitrogens with zero attached hydrogens (tertiary/aromatic N) is 1. The largest absolute Gasteiger partial charge is 0.496 e. The van der Waals surface area contributed by atoms with Crippen LogP contribution in [0.2, 0.25) is 0 Å². The van der Waals surface area contributed by atoms with Gasteiger partial charge in [0.2, 0.25) is 0 Å². The SMILES string of the molecule is COc1cc([N+](=O)[O-])ccc1NC(=O)[C@@H](C)OC(=O)c1ccccc1OC.